The molecule has 32 heavy (non-hydrogen) atoms. The van der Waals surface area contributed by atoms with Crippen LogP contribution in [-0.2, 0) is 24.4 Å². The first-order valence-corrected chi connectivity index (χ1v) is 11.7. The Morgan fingerprint density at radius 2 is 1.69 bits per heavy atom. The summed E-state index contributed by atoms with van der Waals surface area (Å²) in [6, 6.07) is 18.2. The van der Waals surface area contributed by atoms with Gasteiger partial charge in [-0.15, -0.1) is 0 Å². The van der Waals surface area contributed by atoms with Crippen LogP contribution >= 0.6 is 0 Å². The van der Waals surface area contributed by atoms with E-state index >= 15 is 0 Å². The zero-order valence-electron chi connectivity index (χ0n) is 19.6. The van der Waals surface area contributed by atoms with Crippen LogP contribution in [0.3, 0.4) is 0 Å². The molecule has 0 aliphatic rings. The third kappa shape index (κ3) is 6.30. The number of esters is 1. The summed E-state index contributed by atoms with van der Waals surface area (Å²) in [5.41, 5.74) is 4.19. The van der Waals surface area contributed by atoms with Crippen LogP contribution < -0.4 is 0 Å². The maximum atomic E-state index is 11.7. The van der Waals surface area contributed by atoms with Crippen LogP contribution in [0.15, 0.2) is 60.8 Å². The summed E-state index contributed by atoms with van der Waals surface area (Å²) in [6.07, 6.45) is 6.62. The zero-order chi connectivity index (χ0) is 22.8. The smallest absolute Gasteiger partial charge is 0.337 e. The van der Waals surface area contributed by atoms with Crippen molar-refractivity contribution < 1.29 is 9.53 Å². The van der Waals surface area contributed by atoms with Crippen LogP contribution in [-0.4, -0.2) is 34.1 Å². The van der Waals surface area contributed by atoms with Crippen molar-refractivity contribution in [1.29, 1.82) is 0 Å². The summed E-state index contributed by atoms with van der Waals surface area (Å²) < 4.78 is 7.20. The topological polar surface area (TPSA) is 47.4 Å². The van der Waals surface area contributed by atoms with E-state index in [1.165, 1.54) is 18.4 Å². The molecular weight excluding hydrogens is 398 g/mol. The molecule has 0 atom stereocenters. The highest BCUT2D eigenvalue weighted by atomic mass is 16.5. The number of hydrogen-bond acceptors (Lipinski definition) is 4. The molecule has 0 saturated carbocycles. The van der Waals surface area contributed by atoms with E-state index in [9.17, 15) is 4.79 Å². The van der Waals surface area contributed by atoms with E-state index in [1.54, 1.807) is 0 Å². The average molecular weight is 434 g/mol. The fraction of sp³-hybridized carbons (Fsp3) is 0.407. The summed E-state index contributed by atoms with van der Waals surface area (Å²) in [7, 11) is 1.41. The number of methoxy groups -OCH3 is 1. The second-order valence-electron chi connectivity index (χ2n) is 8.20. The SMILES string of the molecule is CCCCN(Cc1ccc(C(=O)OC)cc1)Cc1cnc(-c2ccccc2)n1CCCC. The summed E-state index contributed by atoms with van der Waals surface area (Å²) in [6.45, 7) is 8.14. The molecule has 0 fully saturated rings. The molecule has 170 valence electrons. The minimum Gasteiger partial charge on any atom is -0.465 e. The standard InChI is InChI=1S/C27H35N3O2/c1-4-6-17-29(20-22-13-15-24(16-14-22)27(31)32-3)21-25-19-28-26(30(25)18-7-5-2)23-11-9-8-10-12-23/h8-16,19H,4-7,17-18,20-21H2,1-3H3. The van der Waals surface area contributed by atoms with E-state index in [0.29, 0.717) is 5.56 Å². The second kappa shape index (κ2) is 12.2. The third-order valence-corrected chi connectivity index (χ3v) is 5.70. The van der Waals surface area contributed by atoms with Gasteiger partial charge >= 0.3 is 5.97 Å². The Kier molecular flexibility index (Phi) is 9.05. The summed E-state index contributed by atoms with van der Waals surface area (Å²) in [5, 5.41) is 0. The lowest BCUT2D eigenvalue weighted by molar-refractivity contribution is 0.0600. The van der Waals surface area contributed by atoms with Crippen LogP contribution in [0.4, 0.5) is 0 Å². The first kappa shape index (κ1) is 23.7. The molecule has 1 aromatic heterocycles. The summed E-state index contributed by atoms with van der Waals surface area (Å²) in [5.74, 6) is 0.750. The molecule has 0 aliphatic carbocycles. The van der Waals surface area contributed by atoms with Gasteiger partial charge in [-0.3, -0.25) is 4.90 Å². The number of imidazole rings is 1. The largest absolute Gasteiger partial charge is 0.465 e. The van der Waals surface area contributed by atoms with E-state index in [2.05, 4.69) is 47.6 Å². The highest BCUT2D eigenvalue weighted by molar-refractivity contribution is 5.89. The molecule has 3 aromatic rings. The molecule has 0 aliphatic heterocycles. The Balaban J connectivity index is 1.81. The molecular formula is C27H35N3O2. The molecule has 0 bridgehead atoms. The number of benzene rings is 2. The predicted octanol–water partition coefficient (Wildman–Crippen LogP) is 5.94. The van der Waals surface area contributed by atoms with Gasteiger partial charge in [-0.2, -0.15) is 0 Å². The number of carbonyl (C=O) groups excluding carboxylic acids is 1. The molecule has 0 radical (unpaired) electrons. The molecule has 0 N–H and O–H groups in total. The molecule has 2 aromatic carbocycles. The van der Waals surface area contributed by atoms with Crippen molar-refractivity contribution in [3.8, 4) is 11.4 Å². The Bertz CT molecular complexity index is 964. The van der Waals surface area contributed by atoms with Gasteiger partial charge in [-0.25, -0.2) is 9.78 Å². The number of hydrogen-bond donors (Lipinski definition) is 0. The fourth-order valence-corrected chi connectivity index (χ4v) is 3.87. The van der Waals surface area contributed by atoms with Gasteiger partial charge in [0.1, 0.15) is 5.82 Å². The molecule has 0 spiro atoms. The molecule has 5 nitrogen and oxygen atoms in total. The lowest BCUT2D eigenvalue weighted by Crippen LogP contribution is -2.25. The molecule has 1 heterocycles. The van der Waals surface area contributed by atoms with Gasteiger partial charge in [-0.05, 0) is 37.1 Å². The van der Waals surface area contributed by atoms with Crippen molar-refractivity contribution in [1.82, 2.24) is 14.5 Å². The molecule has 3 rings (SSSR count). The van der Waals surface area contributed by atoms with Crippen LogP contribution in [0.2, 0.25) is 0 Å². The highest BCUT2D eigenvalue weighted by Gasteiger charge is 2.15. The van der Waals surface area contributed by atoms with Crippen LogP contribution in [0.5, 0.6) is 0 Å². The summed E-state index contributed by atoms with van der Waals surface area (Å²) >= 11 is 0. The number of nitrogens with zero attached hydrogens (tertiary/aromatic N) is 3. The third-order valence-electron chi connectivity index (χ3n) is 5.70. The Labute approximate surface area is 192 Å². The Hall–Kier alpha value is -2.92. The van der Waals surface area contributed by atoms with E-state index in [-0.39, 0.29) is 5.97 Å². The first-order chi connectivity index (χ1) is 15.7. The van der Waals surface area contributed by atoms with E-state index in [0.717, 1.165) is 63.3 Å². The number of rotatable bonds is 12. The minimum absolute atomic E-state index is 0.298. The Morgan fingerprint density at radius 3 is 2.34 bits per heavy atom. The maximum absolute atomic E-state index is 11.7. The van der Waals surface area contributed by atoms with Crippen molar-refractivity contribution in [2.45, 2.75) is 59.2 Å². The van der Waals surface area contributed by atoms with Crippen molar-refractivity contribution in [3.63, 3.8) is 0 Å². The fourth-order valence-electron chi connectivity index (χ4n) is 3.87. The maximum Gasteiger partial charge on any atom is 0.337 e. The van der Waals surface area contributed by atoms with Gasteiger partial charge in [0, 0.05) is 25.2 Å². The lowest BCUT2D eigenvalue weighted by atomic mass is 10.1. The zero-order valence-corrected chi connectivity index (χ0v) is 19.6. The number of aromatic nitrogens is 2. The predicted molar refractivity (Wildman–Crippen MR) is 129 cm³/mol. The van der Waals surface area contributed by atoms with Crippen molar-refractivity contribution in [2.24, 2.45) is 0 Å². The van der Waals surface area contributed by atoms with Crippen LogP contribution in [0.1, 0.15) is 61.1 Å². The second-order valence-corrected chi connectivity index (χ2v) is 8.20. The van der Waals surface area contributed by atoms with Gasteiger partial charge in [-0.1, -0.05) is 69.2 Å². The number of ether oxygens (including phenoxy) is 1. The monoisotopic (exact) mass is 433 g/mol. The van der Waals surface area contributed by atoms with Gasteiger partial charge < -0.3 is 9.30 Å². The molecule has 0 unspecified atom stereocenters. The lowest BCUT2D eigenvalue weighted by Gasteiger charge is -2.23. The van der Waals surface area contributed by atoms with Crippen molar-refractivity contribution in [3.05, 3.63) is 77.6 Å². The Morgan fingerprint density at radius 1 is 0.969 bits per heavy atom. The highest BCUT2D eigenvalue weighted by Crippen LogP contribution is 2.22. The quantitative estimate of drug-likeness (QED) is 0.332. The van der Waals surface area contributed by atoms with Crippen molar-refractivity contribution in [2.75, 3.05) is 13.7 Å². The van der Waals surface area contributed by atoms with Gasteiger partial charge in [0.05, 0.1) is 24.6 Å². The minimum atomic E-state index is -0.298. The summed E-state index contributed by atoms with van der Waals surface area (Å²) in [4.78, 5) is 19.0. The number of unbranched alkanes of at least 4 members (excludes halogenated alkanes) is 2. The molecule has 0 saturated heterocycles. The first-order valence-electron chi connectivity index (χ1n) is 11.7. The van der Waals surface area contributed by atoms with Gasteiger partial charge in [0.25, 0.3) is 0 Å². The average Bonchev–Trinajstić information content (AvgIpc) is 3.23. The normalized spacial score (nSPS) is 11.1. The van der Waals surface area contributed by atoms with Crippen LogP contribution in [0.25, 0.3) is 11.4 Å². The van der Waals surface area contributed by atoms with E-state index in [1.807, 2.05) is 36.5 Å². The number of carbonyl (C=O) groups is 1. The molecule has 0 amide bonds. The van der Waals surface area contributed by atoms with Gasteiger partial charge in [0.15, 0.2) is 0 Å². The van der Waals surface area contributed by atoms with E-state index < -0.39 is 0 Å². The van der Waals surface area contributed by atoms with Crippen molar-refractivity contribution >= 4 is 5.97 Å². The van der Waals surface area contributed by atoms with Gasteiger partial charge in [0.2, 0.25) is 0 Å². The molecule has 5 heteroatoms. The van der Waals surface area contributed by atoms with Crippen LogP contribution in [0, 0.1) is 0 Å². The van der Waals surface area contributed by atoms with E-state index in [4.69, 9.17) is 9.72 Å².